The average molecular weight is 365 g/mol. The van der Waals surface area contributed by atoms with Crippen molar-refractivity contribution in [3.8, 4) is 11.5 Å². The van der Waals surface area contributed by atoms with Crippen LogP contribution in [0, 0.1) is 0 Å². The lowest BCUT2D eigenvalue weighted by molar-refractivity contribution is -0.153. The van der Waals surface area contributed by atoms with Gasteiger partial charge in [0.2, 0.25) is 0 Å². The van der Waals surface area contributed by atoms with Gasteiger partial charge in [-0.1, -0.05) is 24.3 Å². The molecule has 3 nitrogen and oxygen atoms in total. The van der Waals surface area contributed by atoms with Crippen LogP contribution in [0.5, 0.6) is 11.5 Å². The Bertz CT molecular complexity index is 708. The van der Waals surface area contributed by atoms with E-state index in [2.05, 4.69) is 4.90 Å². The molecule has 26 heavy (non-hydrogen) atoms. The van der Waals surface area contributed by atoms with Crippen LogP contribution in [0.3, 0.4) is 0 Å². The molecule has 1 N–H and O–H groups in total. The molecule has 0 aromatic heterocycles. The number of rotatable bonds is 5. The number of piperidine rings is 1. The maximum atomic E-state index is 12.3. The van der Waals surface area contributed by atoms with Gasteiger partial charge in [-0.2, -0.15) is 13.2 Å². The van der Waals surface area contributed by atoms with Crippen LogP contribution < -0.4 is 4.74 Å². The third-order valence-electron chi connectivity index (χ3n) is 4.66. The molecule has 2 aromatic rings. The first-order chi connectivity index (χ1) is 12.4. The number of aromatic hydroxyl groups is 1. The van der Waals surface area contributed by atoms with Crippen molar-refractivity contribution in [1.82, 2.24) is 4.90 Å². The fraction of sp³-hybridized carbons (Fsp3) is 0.400. The van der Waals surface area contributed by atoms with Gasteiger partial charge in [0.1, 0.15) is 11.5 Å². The van der Waals surface area contributed by atoms with Crippen molar-refractivity contribution >= 4 is 0 Å². The first kappa shape index (κ1) is 18.6. The Kier molecular flexibility index (Phi) is 5.71. The number of phenols is 1. The standard InChI is InChI=1S/C20H22F3NO2/c21-20(22,23)14-26-19-3-1-2-15(12-19)13-24-10-8-17(9-11-24)16-4-6-18(25)7-5-16/h1-7,12,17,25H,8-11,13-14H2. The van der Waals surface area contributed by atoms with Crippen LogP contribution in [0.2, 0.25) is 0 Å². The Hall–Kier alpha value is -2.21. The summed E-state index contributed by atoms with van der Waals surface area (Å²) in [5.41, 5.74) is 2.19. The van der Waals surface area contributed by atoms with Gasteiger partial charge < -0.3 is 9.84 Å². The van der Waals surface area contributed by atoms with Gasteiger partial charge in [-0.15, -0.1) is 0 Å². The third-order valence-corrected chi connectivity index (χ3v) is 4.66. The van der Waals surface area contributed by atoms with Crippen LogP contribution in [-0.2, 0) is 6.54 Å². The van der Waals surface area contributed by atoms with Gasteiger partial charge in [0.25, 0.3) is 0 Å². The SMILES string of the molecule is Oc1ccc(C2CCN(Cc3cccc(OCC(F)(F)F)c3)CC2)cc1. The van der Waals surface area contributed by atoms with E-state index in [0.717, 1.165) is 31.5 Å². The minimum atomic E-state index is -4.33. The molecule has 1 fully saturated rings. The molecular formula is C20H22F3NO2. The number of phenolic OH excluding ortho intramolecular Hbond substituents is 1. The van der Waals surface area contributed by atoms with Gasteiger partial charge in [0.15, 0.2) is 6.61 Å². The van der Waals surface area contributed by atoms with E-state index >= 15 is 0 Å². The number of halogens is 3. The molecule has 1 aliphatic rings. The first-order valence-electron chi connectivity index (χ1n) is 8.69. The second-order valence-electron chi connectivity index (χ2n) is 6.69. The van der Waals surface area contributed by atoms with E-state index in [1.54, 1.807) is 30.3 Å². The summed E-state index contributed by atoms with van der Waals surface area (Å²) in [5, 5.41) is 9.39. The molecule has 3 rings (SSSR count). The number of nitrogens with zero attached hydrogens (tertiary/aromatic N) is 1. The molecule has 0 atom stereocenters. The Morgan fingerprint density at radius 1 is 1.04 bits per heavy atom. The first-order valence-corrected chi connectivity index (χ1v) is 8.69. The molecule has 2 aromatic carbocycles. The molecule has 0 spiro atoms. The lowest BCUT2D eigenvalue weighted by atomic mass is 9.89. The zero-order valence-corrected chi connectivity index (χ0v) is 14.4. The maximum absolute atomic E-state index is 12.3. The van der Waals surface area contributed by atoms with Crippen LogP contribution in [0.4, 0.5) is 13.2 Å². The van der Waals surface area contributed by atoms with E-state index in [-0.39, 0.29) is 11.5 Å². The summed E-state index contributed by atoms with van der Waals surface area (Å²) in [6.07, 6.45) is -2.28. The highest BCUT2D eigenvalue weighted by molar-refractivity contribution is 5.30. The van der Waals surface area contributed by atoms with E-state index in [4.69, 9.17) is 4.74 Å². The molecule has 1 saturated heterocycles. The summed E-state index contributed by atoms with van der Waals surface area (Å²) < 4.78 is 41.6. The molecule has 1 aliphatic heterocycles. The predicted molar refractivity (Wildman–Crippen MR) is 93.4 cm³/mol. The number of hydrogen-bond acceptors (Lipinski definition) is 3. The van der Waals surface area contributed by atoms with E-state index in [0.29, 0.717) is 12.5 Å². The van der Waals surface area contributed by atoms with Crippen LogP contribution >= 0.6 is 0 Å². The van der Waals surface area contributed by atoms with Gasteiger partial charge in [0, 0.05) is 6.54 Å². The highest BCUT2D eigenvalue weighted by Crippen LogP contribution is 2.30. The van der Waals surface area contributed by atoms with Crippen molar-refractivity contribution in [3.05, 3.63) is 59.7 Å². The average Bonchev–Trinajstić information content (AvgIpc) is 2.61. The highest BCUT2D eigenvalue weighted by Gasteiger charge is 2.28. The summed E-state index contributed by atoms with van der Waals surface area (Å²) in [4.78, 5) is 2.31. The van der Waals surface area contributed by atoms with E-state index in [9.17, 15) is 18.3 Å². The van der Waals surface area contributed by atoms with Crippen molar-refractivity contribution in [2.45, 2.75) is 31.5 Å². The number of ether oxygens (including phenoxy) is 1. The minimum Gasteiger partial charge on any atom is -0.508 e. The number of likely N-dealkylation sites (tertiary alicyclic amines) is 1. The Morgan fingerprint density at radius 2 is 1.73 bits per heavy atom. The molecule has 1 heterocycles. The second kappa shape index (κ2) is 7.99. The highest BCUT2D eigenvalue weighted by atomic mass is 19.4. The van der Waals surface area contributed by atoms with E-state index in [1.165, 1.54) is 5.56 Å². The van der Waals surface area contributed by atoms with Gasteiger partial charge in [0.05, 0.1) is 0 Å². The molecule has 0 unspecified atom stereocenters. The number of hydrogen-bond donors (Lipinski definition) is 1. The smallest absolute Gasteiger partial charge is 0.422 e. The van der Waals surface area contributed by atoms with E-state index < -0.39 is 12.8 Å². The van der Waals surface area contributed by atoms with E-state index in [1.807, 2.05) is 18.2 Å². The fourth-order valence-electron chi connectivity index (χ4n) is 3.33. The molecule has 0 saturated carbocycles. The van der Waals surface area contributed by atoms with Crippen molar-refractivity contribution < 1.29 is 23.0 Å². The lowest BCUT2D eigenvalue weighted by Crippen LogP contribution is -2.32. The van der Waals surface area contributed by atoms with Crippen LogP contribution in [0.25, 0.3) is 0 Å². The van der Waals surface area contributed by atoms with Crippen molar-refractivity contribution in [2.24, 2.45) is 0 Å². The zero-order chi connectivity index (χ0) is 18.6. The molecule has 0 amide bonds. The molecule has 0 radical (unpaired) electrons. The van der Waals surface area contributed by atoms with Gasteiger partial charge >= 0.3 is 6.18 Å². The summed E-state index contributed by atoms with van der Waals surface area (Å²) in [6, 6.07) is 14.2. The largest absolute Gasteiger partial charge is 0.508 e. The summed E-state index contributed by atoms with van der Waals surface area (Å²) in [7, 11) is 0. The van der Waals surface area contributed by atoms with Crippen molar-refractivity contribution in [2.75, 3.05) is 19.7 Å². The lowest BCUT2D eigenvalue weighted by Gasteiger charge is -2.32. The quantitative estimate of drug-likeness (QED) is 0.833. The van der Waals surface area contributed by atoms with Crippen molar-refractivity contribution in [3.63, 3.8) is 0 Å². The predicted octanol–water partition coefficient (Wildman–Crippen LogP) is 4.71. The molecule has 140 valence electrons. The maximum Gasteiger partial charge on any atom is 0.422 e. The second-order valence-corrected chi connectivity index (χ2v) is 6.69. The van der Waals surface area contributed by atoms with Gasteiger partial charge in [-0.25, -0.2) is 0 Å². The Labute approximate surface area is 151 Å². The molecule has 0 bridgehead atoms. The molecule has 6 heteroatoms. The van der Waals surface area contributed by atoms with Crippen LogP contribution in [0.15, 0.2) is 48.5 Å². The Morgan fingerprint density at radius 3 is 2.38 bits per heavy atom. The van der Waals surface area contributed by atoms with Crippen molar-refractivity contribution in [1.29, 1.82) is 0 Å². The minimum absolute atomic E-state index is 0.249. The zero-order valence-electron chi connectivity index (χ0n) is 14.4. The topological polar surface area (TPSA) is 32.7 Å². The third kappa shape index (κ3) is 5.39. The fourth-order valence-corrected chi connectivity index (χ4v) is 3.33. The monoisotopic (exact) mass is 365 g/mol. The molecular weight excluding hydrogens is 343 g/mol. The summed E-state index contributed by atoms with van der Waals surface area (Å²) in [6.45, 7) is 1.29. The Balaban J connectivity index is 1.52. The number of benzene rings is 2. The van der Waals surface area contributed by atoms with Crippen LogP contribution in [0.1, 0.15) is 29.9 Å². The normalized spacial score (nSPS) is 16.6. The number of alkyl halides is 3. The molecule has 0 aliphatic carbocycles. The van der Waals surface area contributed by atoms with Gasteiger partial charge in [-0.3, -0.25) is 4.90 Å². The van der Waals surface area contributed by atoms with Gasteiger partial charge in [-0.05, 0) is 67.2 Å². The summed E-state index contributed by atoms with van der Waals surface area (Å²) >= 11 is 0. The summed E-state index contributed by atoms with van der Waals surface area (Å²) in [5.74, 6) is 1.01. The van der Waals surface area contributed by atoms with Crippen LogP contribution in [-0.4, -0.2) is 35.9 Å².